The molecule has 0 bridgehead atoms. The molecule has 10 heteroatoms. The van der Waals surface area contributed by atoms with Crippen molar-refractivity contribution in [1.82, 2.24) is 29.8 Å². The van der Waals surface area contributed by atoms with E-state index in [1.807, 2.05) is 0 Å². The Kier molecular flexibility index (Phi) is 4.58. The number of rotatable bonds is 5. The molecule has 1 saturated heterocycles. The minimum Gasteiger partial charge on any atom is -0.334 e. The zero-order valence-corrected chi connectivity index (χ0v) is 14.0. The van der Waals surface area contributed by atoms with Crippen molar-refractivity contribution >= 4 is 15.9 Å². The third kappa shape index (κ3) is 3.44. The van der Waals surface area contributed by atoms with E-state index in [-0.39, 0.29) is 23.4 Å². The van der Waals surface area contributed by atoms with E-state index in [0.717, 1.165) is 12.8 Å². The number of sulfonamides is 1. The Hall–Kier alpha value is -2.33. The first-order valence-electron chi connectivity index (χ1n) is 7.54. The van der Waals surface area contributed by atoms with Gasteiger partial charge in [0.05, 0.1) is 36.4 Å². The summed E-state index contributed by atoms with van der Waals surface area (Å²) in [6, 6.07) is -0.0968. The largest absolute Gasteiger partial charge is 0.334 e. The van der Waals surface area contributed by atoms with Gasteiger partial charge in [-0.1, -0.05) is 0 Å². The first-order chi connectivity index (χ1) is 11.5. The van der Waals surface area contributed by atoms with Crippen molar-refractivity contribution in [1.29, 1.82) is 0 Å². The Morgan fingerprint density at radius 2 is 2.25 bits per heavy atom. The topological polar surface area (TPSA) is 121 Å². The minimum absolute atomic E-state index is 0.00497. The lowest BCUT2D eigenvalue weighted by Gasteiger charge is -2.22. The Labute approximate surface area is 139 Å². The summed E-state index contributed by atoms with van der Waals surface area (Å²) in [6.45, 7) is 2.26. The second-order valence-electron chi connectivity index (χ2n) is 5.56. The number of hydrogen-bond acceptors (Lipinski definition) is 6. The monoisotopic (exact) mass is 350 g/mol. The van der Waals surface area contributed by atoms with Gasteiger partial charge in [0.25, 0.3) is 0 Å². The number of H-pyrrole nitrogens is 1. The van der Waals surface area contributed by atoms with Gasteiger partial charge in [-0.2, -0.15) is 5.10 Å². The predicted octanol–water partition coefficient (Wildman–Crippen LogP) is 0.362. The van der Waals surface area contributed by atoms with Crippen LogP contribution in [0.1, 0.15) is 37.2 Å². The van der Waals surface area contributed by atoms with Crippen LogP contribution in [-0.4, -0.2) is 45.9 Å². The molecule has 0 aliphatic carbocycles. The van der Waals surface area contributed by atoms with Crippen LogP contribution in [0.2, 0.25) is 0 Å². The average molecular weight is 350 g/mol. The van der Waals surface area contributed by atoms with Crippen molar-refractivity contribution in [2.45, 2.75) is 37.2 Å². The summed E-state index contributed by atoms with van der Waals surface area (Å²) >= 11 is 0. The molecule has 0 radical (unpaired) electrons. The van der Waals surface area contributed by atoms with Gasteiger partial charge in [-0.3, -0.25) is 19.9 Å². The number of carbonyl (C=O) groups excluding carboxylic acids is 1. The van der Waals surface area contributed by atoms with Crippen LogP contribution in [-0.2, 0) is 21.4 Å². The van der Waals surface area contributed by atoms with Gasteiger partial charge in [0.15, 0.2) is 0 Å². The van der Waals surface area contributed by atoms with E-state index >= 15 is 0 Å². The second kappa shape index (κ2) is 6.65. The SMILES string of the molecule is CC(=O)N1CCCC1c1cncc(CNS(=O)(=O)c2cn[nH]c2)n1. The highest BCUT2D eigenvalue weighted by molar-refractivity contribution is 7.89. The van der Waals surface area contributed by atoms with E-state index < -0.39 is 10.0 Å². The van der Waals surface area contributed by atoms with Crippen molar-refractivity contribution in [2.24, 2.45) is 0 Å². The van der Waals surface area contributed by atoms with E-state index in [1.54, 1.807) is 11.1 Å². The summed E-state index contributed by atoms with van der Waals surface area (Å²) in [6.07, 6.45) is 7.41. The summed E-state index contributed by atoms with van der Waals surface area (Å²) in [4.78, 5) is 22.1. The lowest BCUT2D eigenvalue weighted by Crippen LogP contribution is -2.29. The number of aromatic amines is 1. The van der Waals surface area contributed by atoms with Crippen molar-refractivity contribution in [3.63, 3.8) is 0 Å². The third-order valence-electron chi connectivity index (χ3n) is 3.93. The van der Waals surface area contributed by atoms with Crippen molar-refractivity contribution < 1.29 is 13.2 Å². The fourth-order valence-corrected chi connectivity index (χ4v) is 3.66. The van der Waals surface area contributed by atoms with Crippen molar-refractivity contribution in [2.75, 3.05) is 6.54 Å². The van der Waals surface area contributed by atoms with Crippen LogP contribution in [0.5, 0.6) is 0 Å². The number of hydrogen-bond donors (Lipinski definition) is 2. The molecule has 1 amide bonds. The average Bonchev–Trinajstić information content (AvgIpc) is 3.24. The molecule has 0 spiro atoms. The maximum absolute atomic E-state index is 12.1. The Bertz CT molecular complexity index is 821. The van der Waals surface area contributed by atoms with Crippen LogP contribution < -0.4 is 4.72 Å². The summed E-state index contributed by atoms with van der Waals surface area (Å²) in [5.41, 5.74) is 1.18. The zero-order chi connectivity index (χ0) is 17.2. The lowest BCUT2D eigenvalue weighted by atomic mass is 10.1. The highest BCUT2D eigenvalue weighted by atomic mass is 32.2. The van der Waals surface area contributed by atoms with Gasteiger partial charge < -0.3 is 4.90 Å². The molecule has 1 aliphatic heterocycles. The van der Waals surface area contributed by atoms with Gasteiger partial charge in [-0.15, -0.1) is 0 Å². The van der Waals surface area contributed by atoms with Gasteiger partial charge in [0, 0.05) is 25.9 Å². The number of nitrogens with zero attached hydrogens (tertiary/aromatic N) is 4. The third-order valence-corrected chi connectivity index (χ3v) is 5.30. The summed E-state index contributed by atoms with van der Waals surface area (Å²) < 4.78 is 26.6. The lowest BCUT2D eigenvalue weighted by molar-refractivity contribution is -0.129. The maximum Gasteiger partial charge on any atom is 0.244 e. The molecule has 1 aliphatic rings. The molecule has 3 heterocycles. The van der Waals surface area contributed by atoms with Crippen LogP contribution in [0.4, 0.5) is 0 Å². The smallest absolute Gasteiger partial charge is 0.244 e. The quantitative estimate of drug-likeness (QED) is 0.803. The molecule has 128 valence electrons. The Morgan fingerprint density at radius 1 is 1.42 bits per heavy atom. The van der Waals surface area contributed by atoms with Crippen molar-refractivity contribution in [3.8, 4) is 0 Å². The van der Waals surface area contributed by atoms with Crippen LogP contribution in [0.25, 0.3) is 0 Å². The molecular weight excluding hydrogens is 332 g/mol. The Balaban J connectivity index is 1.73. The molecule has 9 nitrogen and oxygen atoms in total. The molecule has 3 rings (SSSR count). The van der Waals surface area contributed by atoms with Gasteiger partial charge in [0.1, 0.15) is 4.90 Å². The maximum atomic E-state index is 12.1. The predicted molar refractivity (Wildman–Crippen MR) is 84.0 cm³/mol. The highest BCUT2D eigenvalue weighted by Crippen LogP contribution is 2.30. The Morgan fingerprint density at radius 3 is 2.96 bits per heavy atom. The fraction of sp³-hybridized carbons (Fsp3) is 0.429. The molecule has 2 N–H and O–H groups in total. The molecular formula is C14H18N6O3S. The summed E-state index contributed by atoms with van der Waals surface area (Å²) in [5, 5.41) is 6.09. The summed E-state index contributed by atoms with van der Waals surface area (Å²) in [7, 11) is -3.65. The molecule has 1 atom stereocenters. The fourth-order valence-electron chi connectivity index (χ4n) is 2.76. The van der Waals surface area contributed by atoms with E-state index in [1.165, 1.54) is 25.5 Å². The van der Waals surface area contributed by atoms with E-state index in [9.17, 15) is 13.2 Å². The number of amides is 1. The summed E-state index contributed by atoms with van der Waals surface area (Å²) in [5.74, 6) is 0.00497. The van der Waals surface area contributed by atoms with E-state index in [4.69, 9.17) is 0 Å². The molecule has 1 fully saturated rings. The van der Waals surface area contributed by atoms with Gasteiger partial charge in [-0.25, -0.2) is 13.1 Å². The van der Waals surface area contributed by atoms with Crippen LogP contribution in [0.3, 0.4) is 0 Å². The van der Waals surface area contributed by atoms with Gasteiger partial charge in [-0.05, 0) is 12.8 Å². The normalized spacial score (nSPS) is 18.0. The van der Waals surface area contributed by atoms with Crippen LogP contribution in [0.15, 0.2) is 29.7 Å². The molecule has 0 saturated carbocycles. The van der Waals surface area contributed by atoms with Crippen LogP contribution in [0, 0.1) is 0 Å². The molecule has 24 heavy (non-hydrogen) atoms. The minimum atomic E-state index is -3.65. The number of carbonyl (C=O) groups is 1. The van der Waals surface area contributed by atoms with Crippen LogP contribution >= 0.6 is 0 Å². The van der Waals surface area contributed by atoms with E-state index in [2.05, 4.69) is 24.9 Å². The molecule has 2 aromatic rings. The molecule has 0 aromatic carbocycles. The first kappa shape index (κ1) is 16.5. The molecule has 2 aromatic heterocycles. The number of aromatic nitrogens is 4. The van der Waals surface area contributed by atoms with Crippen molar-refractivity contribution in [3.05, 3.63) is 36.2 Å². The number of likely N-dealkylation sites (tertiary alicyclic amines) is 1. The zero-order valence-electron chi connectivity index (χ0n) is 13.1. The standard InChI is InChI=1S/C14H18N6O3S/c1-10(21)20-4-2-3-14(20)13-9-15-5-11(19-13)6-18-24(22,23)12-7-16-17-8-12/h5,7-9,14,18H,2-4,6H2,1H3,(H,16,17). The van der Waals surface area contributed by atoms with Gasteiger partial charge in [0.2, 0.25) is 15.9 Å². The first-order valence-corrected chi connectivity index (χ1v) is 9.02. The van der Waals surface area contributed by atoms with E-state index in [0.29, 0.717) is 17.9 Å². The second-order valence-corrected chi connectivity index (χ2v) is 7.33. The molecule has 1 unspecified atom stereocenters. The number of nitrogens with one attached hydrogen (secondary N) is 2. The highest BCUT2D eigenvalue weighted by Gasteiger charge is 2.29. The van der Waals surface area contributed by atoms with Gasteiger partial charge >= 0.3 is 0 Å².